The second kappa shape index (κ2) is 4.58. The molecule has 0 bridgehead atoms. The molecule has 2 heterocycles. The lowest BCUT2D eigenvalue weighted by atomic mass is 9.99. The molecule has 4 heteroatoms. The zero-order chi connectivity index (χ0) is 10.8. The van der Waals surface area contributed by atoms with Crippen molar-refractivity contribution in [1.29, 1.82) is 0 Å². The lowest BCUT2D eigenvalue weighted by Gasteiger charge is -2.17. The largest absolute Gasteiger partial charge is 0.240 e. The van der Waals surface area contributed by atoms with E-state index >= 15 is 0 Å². The third kappa shape index (κ3) is 2.06. The molecule has 0 radical (unpaired) electrons. The number of aromatic nitrogens is 2. The molecule has 0 aliphatic carbocycles. The standard InChI is InChI=1S/C11H13BrN2S/c1-3-8(7(2)12)10-11-9(4-5-15-11)13-6-14-10/h4-8H,3H2,1-2H3. The van der Waals surface area contributed by atoms with Crippen LogP contribution < -0.4 is 0 Å². The molecule has 2 atom stereocenters. The molecule has 0 amide bonds. The van der Waals surface area contributed by atoms with Crippen LogP contribution in [0.1, 0.15) is 31.9 Å². The molecule has 0 saturated heterocycles. The minimum Gasteiger partial charge on any atom is -0.240 e. The highest BCUT2D eigenvalue weighted by atomic mass is 79.9. The van der Waals surface area contributed by atoms with Crippen molar-refractivity contribution in [1.82, 2.24) is 9.97 Å². The van der Waals surface area contributed by atoms with E-state index in [-0.39, 0.29) is 0 Å². The van der Waals surface area contributed by atoms with E-state index < -0.39 is 0 Å². The zero-order valence-electron chi connectivity index (χ0n) is 8.77. The van der Waals surface area contributed by atoms with Crippen molar-refractivity contribution in [2.45, 2.75) is 31.0 Å². The second-order valence-electron chi connectivity index (χ2n) is 3.59. The van der Waals surface area contributed by atoms with Crippen molar-refractivity contribution in [3.63, 3.8) is 0 Å². The second-order valence-corrected chi connectivity index (χ2v) is 5.95. The Hall–Kier alpha value is -0.480. The van der Waals surface area contributed by atoms with Gasteiger partial charge in [0.2, 0.25) is 0 Å². The molecule has 0 spiro atoms. The van der Waals surface area contributed by atoms with Crippen molar-refractivity contribution >= 4 is 37.5 Å². The van der Waals surface area contributed by atoms with Gasteiger partial charge in [-0.05, 0) is 17.9 Å². The van der Waals surface area contributed by atoms with Crippen LogP contribution in [0, 0.1) is 0 Å². The topological polar surface area (TPSA) is 25.8 Å². The normalized spacial score (nSPS) is 15.4. The minimum atomic E-state index is 0.447. The van der Waals surface area contributed by atoms with Crippen molar-refractivity contribution < 1.29 is 0 Å². The Labute approximate surface area is 102 Å². The molecule has 2 nitrogen and oxygen atoms in total. The SMILES string of the molecule is CCC(c1ncnc2ccsc12)C(C)Br. The molecule has 0 saturated carbocycles. The Bertz CT molecular complexity index is 453. The number of hydrogen-bond donors (Lipinski definition) is 0. The Morgan fingerprint density at radius 3 is 2.93 bits per heavy atom. The summed E-state index contributed by atoms with van der Waals surface area (Å²) < 4.78 is 1.23. The lowest BCUT2D eigenvalue weighted by molar-refractivity contribution is 0.649. The third-order valence-corrected chi connectivity index (χ3v) is 4.18. The van der Waals surface area contributed by atoms with Gasteiger partial charge in [-0.2, -0.15) is 0 Å². The predicted octanol–water partition coefficient (Wildman–Crippen LogP) is 3.97. The van der Waals surface area contributed by atoms with E-state index in [0.29, 0.717) is 10.7 Å². The van der Waals surface area contributed by atoms with Crippen molar-refractivity contribution in [3.05, 3.63) is 23.5 Å². The molecule has 0 aliphatic rings. The lowest BCUT2D eigenvalue weighted by Crippen LogP contribution is -2.10. The maximum atomic E-state index is 4.44. The first-order valence-electron chi connectivity index (χ1n) is 5.06. The summed E-state index contributed by atoms with van der Waals surface area (Å²) in [6.07, 6.45) is 2.76. The summed E-state index contributed by atoms with van der Waals surface area (Å²) in [6.45, 7) is 4.37. The molecule has 2 unspecified atom stereocenters. The number of halogens is 1. The molecular weight excluding hydrogens is 272 g/mol. The molecule has 0 N–H and O–H groups in total. The van der Waals surface area contributed by atoms with Gasteiger partial charge in [-0.15, -0.1) is 11.3 Å². The van der Waals surface area contributed by atoms with Crippen LogP contribution >= 0.6 is 27.3 Å². The molecule has 0 aromatic carbocycles. The van der Waals surface area contributed by atoms with Crippen LogP contribution in [-0.4, -0.2) is 14.8 Å². The summed E-state index contributed by atoms with van der Waals surface area (Å²) in [5.41, 5.74) is 2.25. The summed E-state index contributed by atoms with van der Waals surface area (Å²) in [5.74, 6) is 0.467. The predicted molar refractivity (Wildman–Crippen MR) is 68.8 cm³/mol. The summed E-state index contributed by atoms with van der Waals surface area (Å²) in [7, 11) is 0. The molecule has 80 valence electrons. The molecule has 15 heavy (non-hydrogen) atoms. The van der Waals surface area contributed by atoms with Gasteiger partial charge in [0.05, 0.1) is 15.9 Å². The van der Waals surface area contributed by atoms with E-state index in [2.05, 4.69) is 51.2 Å². The van der Waals surface area contributed by atoms with Crippen LogP contribution in [0.3, 0.4) is 0 Å². The first-order chi connectivity index (χ1) is 7.24. The quantitative estimate of drug-likeness (QED) is 0.797. The van der Waals surface area contributed by atoms with Gasteiger partial charge in [0.25, 0.3) is 0 Å². The van der Waals surface area contributed by atoms with Crippen LogP contribution in [0.5, 0.6) is 0 Å². The smallest absolute Gasteiger partial charge is 0.116 e. The zero-order valence-corrected chi connectivity index (χ0v) is 11.2. The van der Waals surface area contributed by atoms with Crippen LogP contribution in [0.15, 0.2) is 17.8 Å². The monoisotopic (exact) mass is 284 g/mol. The van der Waals surface area contributed by atoms with Crippen LogP contribution in [0.25, 0.3) is 10.2 Å². The Kier molecular flexibility index (Phi) is 3.36. The van der Waals surface area contributed by atoms with Gasteiger partial charge in [0.1, 0.15) is 6.33 Å². The van der Waals surface area contributed by atoms with E-state index in [9.17, 15) is 0 Å². The Morgan fingerprint density at radius 1 is 1.47 bits per heavy atom. The molecule has 2 aromatic heterocycles. The fourth-order valence-electron chi connectivity index (χ4n) is 1.81. The highest BCUT2D eigenvalue weighted by Gasteiger charge is 2.19. The fourth-order valence-corrected chi connectivity index (χ4v) is 3.33. The van der Waals surface area contributed by atoms with E-state index in [0.717, 1.165) is 11.9 Å². The molecule has 2 rings (SSSR count). The van der Waals surface area contributed by atoms with Gasteiger partial charge in [-0.1, -0.05) is 29.8 Å². The fraction of sp³-hybridized carbons (Fsp3) is 0.455. The third-order valence-electron chi connectivity index (χ3n) is 2.62. The number of nitrogens with zero attached hydrogens (tertiary/aromatic N) is 2. The molecule has 0 aliphatic heterocycles. The molecule has 2 aromatic rings. The van der Waals surface area contributed by atoms with E-state index in [1.165, 1.54) is 10.4 Å². The molecule has 0 fully saturated rings. The summed E-state index contributed by atoms with van der Waals surface area (Å²) in [6, 6.07) is 2.05. The maximum Gasteiger partial charge on any atom is 0.116 e. The summed E-state index contributed by atoms with van der Waals surface area (Å²) in [5, 5.41) is 2.08. The van der Waals surface area contributed by atoms with Crippen LogP contribution in [0.4, 0.5) is 0 Å². The number of thiophene rings is 1. The van der Waals surface area contributed by atoms with Gasteiger partial charge in [0, 0.05) is 10.7 Å². The first kappa shape index (κ1) is 11.0. The Balaban J connectivity index is 2.54. The average molecular weight is 285 g/mol. The number of fused-ring (bicyclic) bond motifs is 1. The number of rotatable bonds is 3. The van der Waals surface area contributed by atoms with Crippen molar-refractivity contribution in [2.75, 3.05) is 0 Å². The van der Waals surface area contributed by atoms with E-state index in [4.69, 9.17) is 0 Å². The van der Waals surface area contributed by atoms with Crippen molar-refractivity contribution in [2.24, 2.45) is 0 Å². The van der Waals surface area contributed by atoms with Gasteiger partial charge >= 0.3 is 0 Å². The average Bonchev–Trinajstić information content (AvgIpc) is 2.66. The highest BCUT2D eigenvalue weighted by Crippen LogP contribution is 2.33. The Morgan fingerprint density at radius 2 is 2.27 bits per heavy atom. The van der Waals surface area contributed by atoms with Gasteiger partial charge in [-0.3, -0.25) is 0 Å². The molecular formula is C11H13BrN2S. The van der Waals surface area contributed by atoms with E-state index in [1.54, 1.807) is 17.7 Å². The summed E-state index contributed by atoms with van der Waals surface area (Å²) >= 11 is 5.39. The minimum absolute atomic E-state index is 0.447. The highest BCUT2D eigenvalue weighted by molar-refractivity contribution is 9.09. The summed E-state index contributed by atoms with van der Waals surface area (Å²) in [4.78, 5) is 9.15. The van der Waals surface area contributed by atoms with Crippen LogP contribution in [-0.2, 0) is 0 Å². The van der Waals surface area contributed by atoms with Gasteiger partial charge < -0.3 is 0 Å². The van der Waals surface area contributed by atoms with Crippen LogP contribution in [0.2, 0.25) is 0 Å². The van der Waals surface area contributed by atoms with E-state index in [1.807, 2.05) is 0 Å². The van der Waals surface area contributed by atoms with Crippen molar-refractivity contribution in [3.8, 4) is 0 Å². The van der Waals surface area contributed by atoms with Gasteiger partial charge in [0.15, 0.2) is 0 Å². The number of alkyl halides is 1. The first-order valence-corrected chi connectivity index (χ1v) is 6.85. The number of hydrogen-bond acceptors (Lipinski definition) is 3. The van der Waals surface area contributed by atoms with Gasteiger partial charge in [-0.25, -0.2) is 9.97 Å². The maximum absolute atomic E-state index is 4.44.